The van der Waals surface area contributed by atoms with Crippen LogP contribution < -0.4 is 15.6 Å². The number of rotatable bonds is 5. The lowest BCUT2D eigenvalue weighted by Crippen LogP contribution is -2.34. The molecule has 1 atom stereocenters. The molecule has 146 valence electrons. The number of aryl methyl sites for hydroxylation is 2. The molecule has 0 saturated heterocycles. The number of aromatic nitrogens is 1. The minimum atomic E-state index is -3.34. The number of hydrogen-bond donors (Lipinski definition) is 1. The van der Waals surface area contributed by atoms with Crippen LogP contribution in [-0.4, -0.2) is 31.9 Å². The normalized spacial score (nSPS) is 16.4. The molecular weight excluding hydrogens is 364 g/mol. The van der Waals surface area contributed by atoms with Crippen molar-refractivity contribution in [1.29, 1.82) is 0 Å². The lowest BCUT2D eigenvalue weighted by atomic mass is 9.96. The summed E-state index contributed by atoms with van der Waals surface area (Å²) in [5, 5.41) is 3.21. The molecule has 0 aliphatic carbocycles. The van der Waals surface area contributed by atoms with Gasteiger partial charge in [0.05, 0.1) is 10.9 Å². The number of ether oxygens (including phenoxy) is 1. The quantitative estimate of drug-likeness (QED) is 0.849. The summed E-state index contributed by atoms with van der Waals surface area (Å²) < 4.78 is 31.6. The summed E-state index contributed by atoms with van der Waals surface area (Å²) in [6.07, 6.45) is 5.80. The highest BCUT2D eigenvalue weighted by Crippen LogP contribution is 2.39. The average Bonchev–Trinajstić information content (AvgIpc) is 2.62. The smallest absolute Gasteiger partial charge is 0.277 e. The Morgan fingerprint density at radius 3 is 2.70 bits per heavy atom. The maximum Gasteiger partial charge on any atom is 0.277 e. The average molecular weight is 391 g/mol. The van der Waals surface area contributed by atoms with E-state index in [9.17, 15) is 13.2 Å². The number of nitrogens with one attached hydrogen (secondary N) is 1. The van der Waals surface area contributed by atoms with Gasteiger partial charge in [-0.1, -0.05) is 19.4 Å². The van der Waals surface area contributed by atoms with Crippen LogP contribution in [0.5, 0.6) is 5.75 Å². The predicted molar refractivity (Wildman–Crippen MR) is 107 cm³/mol. The second-order valence-corrected chi connectivity index (χ2v) is 9.23. The summed E-state index contributed by atoms with van der Waals surface area (Å²) in [6, 6.07) is 5.25. The zero-order chi connectivity index (χ0) is 19.8. The molecule has 0 radical (unpaired) electrons. The monoisotopic (exact) mass is 390 g/mol. The zero-order valence-corrected chi connectivity index (χ0v) is 17.0. The third-order valence-electron chi connectivity index (χ3n) is 4.80. The van der Waals surface area contributed by atoms with E-state index in [2.05, 4.69) is 12.2 Å². The summed E-state index contributed by atoms with van der Waals surface area (Å²) in [6.45, 7) is 4.52. The first-order valence-electron chi connectivity index (χ1n) is 9.18. The van der Waals surface area contributed by atoms with Gasteiger partial charge in [-0.15, -0.1) is 0 Å². The number of unbranched alkanes of at least 4 members (excludes halogenated alkanes) is 1. The molecular formula is C20H26N2O4S. The molecule has 6 nitrogen and oxygen atoms in total. The first-order chi connectivity index (χ1) is 12.7. The van der Waals surface area contributed by atoms with Crippen molar-refractivity contribution < 1.29 is 13.2 Å². The molecule has 0 spiro atoms. The Balaban J connectivity index is 2.27. The molecule has 0 amide bonds. The maximum atomic E-state index is 12.6. The molecule has 1 aromatic carbocycles. The van der Waals surface area contributed by atoms with Gasteiger partial charge < -0.3 is 14.6 Å². The van der Waals surface area contributed by atoms with Crippen LogP contribution in [0.3, 0.4) is 0 Å². The Bertz CT molecular complexity index is 1030. The van der Waals surface area contributed by atoms with Gasteiger partial charge >= 0.3 is 0 Å². The van der Waals surface area contributed by atoms with Gasteiger partial charge in [0.2, 0.25) is 0 Å². The molecule has 1 aromatic heterocycles. The van der Waals surface area contributed by atoms with Crippen LogP contribution in [0.15, 0.2) is 34.1 Å². The van der Waals surface area contributed by atoms with Crippen molar-refractivity contribution in [3.05, 3.63) is 40.3 Å². The molecule has 0 unspecified atom stereocenters. The van der Waals surface area contributed by atoms with Crippen LogP contribution in [0.4, 0.5) is 5.69 Å². The van der Waals surface area contributed by atoms with Gasteiger partial charge in [0, 0.05) is 25.1 Å². The van der Waals surface area contributed by atoms with Gasteiger partial charge in [0.15, 0.2) is 15.6 Å². The summed E-state index contributed by atoms with van der Waals surface area (Å²) in [5.41, 5.74) is 2.86. The summed E-state index contributed by atoms with van der Waals surface area (Å²) in [4.78, 5) is 12.8. The lowest BCUT2D eigenvalue weighted by Gasteiger charge is -2.27. The van der Waals surface area contributed by atoms with Crippen LogP contribution in [0.25, 0.3) is 11.1 Å². The molecule has 0 bridgehead atoms. The second kappa shape index (κ2) is 7.38. The minimum absolute atomic E-state index is 0.0300. The molecule has 1 N–H and O–H groups in total. The largest absolute Gasteiger partial charge is 0.488 e. The molecule has 2 heterocycles. The number of hydrogen-bond acceptors (Lipinski definition) is 5. The van der Waals surface area contributed by atoms with Crippen molar-refractivity contribution in [3.8, 4) is 16.9 Å². The second-order valence-electron chi connectivity index (χ2n) is 7.21. The van der Waals surface area contributed by atoms with Gasteiger partial charge in [-0.25, -0.2) is 8.42 Å². The number of anilines is 1. The summed E-state index contributed by atoms with van der Waals surface area (Å²) >= 11 is 0. The third kappa shape index (κ3) is 3.88. The molecule has 2 aromatic rings. The van der Waals surface area contributed by atoms with Crippen LogP contribution in [0.2, 0.25) is 0 Å². The topological polar surface area (TPSA) is 77.4 Å². The Morgan fingerprint density at radius 2 is 2.04 bits per heavy atom. The summed E-state index contributed by atoms with van der Waals surface area (Å²) in [7, 11) is -1.65. The highest BCUT2D eigenvalue weighted by Gasteiger charge is 2.25. The van der Waals surface area contributed by atoms with Crippen molar-refractivity contribution >= 4 is 15.5 Å². The molecule has 27 heavy (non-hydrogen) atoms. The van der Waals surface area contributed by atoms with E-state index in [-0.39, 0.29) is 16.5 Å². The van der Waals surface area contributed by atoms with Crippen molar-refractivity contribution in [2.75, 3.05) is 18.2 Å². The van der Waals surface area contributed by atoms with Gasteiger partial charge in [0.1, 0.15) is 12.3 Å². The van der Waals surface area contributed by atoms with Crippen LogP contribution in [0.1, 0.15) is 32.3 Å². The van der Waals surface area contributed by atoms with E-state index >= 15 is 0 Å². The zero-order valence-electron chi connectivity index (χ0n) is 16.2. The Labute approximate surface area is 160 Å². The van der Waals surface area contributed by atoms with E-state index in [1.54, 1.807) is 25.4 Å². The van der Waals surface area contributed by atoms with Crippen LogP contribution >= 0.6 is 0 Å². The number of sulfone groups is 1. The molecule has 0 fully saturated rings. The van der Waals surface area contributed by atoms with E-state index in [4.69, 9.17) is 4.74 Å². The fraction of sp³-hybridized carbons (Fsp3) is 0.450. The number of fused-ring (bicyclic) bond motifs is 1. The SMILES string of the molecule is CCCCc1ccc(S(C)(=O)=O)cc1-c1cn(C)c(=O)c2c1OC[C@H](C)N2. The molecule has 1 aliphatic heterocycles. The summed E-state index contributed by atoms with van der Waals surface area (Å²) in [5.74, 6) is 0.500. The highest BCUT2D eigenvalue weighted by atomic mass is 32.2. The number of benzene rings is 1. The molecule has 3 rings (SSSR count). The Morgan fingerprint density at radius 1 is 1.30 bits per heavy atom. The van der Waals surface area contributed by atoms with Crippen LogP contribution in [-0.2, 0) is 23.3 Å². The van der Waals surface area contributed by atoms with E-state index in [0.29, 0.717) is 18.0 Å². The van der Waals surface area contributed by atoms with E-state index in [1.807, 2.05) is 13.0 Å². The predicted octanol–water partition coefficient (Wildman–Crippen LogP) is 2.99. The minimum Gasteiger partial charge on any atom is -0.488 e. The van der Waals surface area contributed by atoms with E-state index in [1.165, 1.54) is 10.8 Å². The Kier molecular flexibility index (Phi) is 5.33. The van der Waals surface area contributed by atoms with Gasteiger partial charge in [0.25, 0.3) is 5.56 Å². The van der Waals surface area contributed by atoms with Crippen molar-refractivity contribution in [2.24, 2.45) is 7.05 Å². The van der Waals surface area contributed by atoms with Gasteiger partial charge in [-0.3, -0.25) is 4.79 Å². The first kappa shape index (κ1) is 19.5. The fourth-order valence-corrected chi connectivity index (χ4v) is 3.95. The van der Waals surface area contributed by atoms with E-state index in [0.717, 1.165) is 36.0 Å². The first-order valence-corrected chi connectivity index (χ1v) is 11.1. The molecule has 7 heteroatoms. The molecule has 1 aliphatic rings. The van der Waals surface area contributed by atoms with Crippen molar-refractivity contribution in [3.63, 3.8) is 0 Å². The van der Waals surface area contributed by atoms with Crippen molar-refractivity contribution in [1.82, 2.24) is 4.57 Å². The van der Waals surface area contributed by atoms with E-state index < -0.39 is 9.84 Å². The third-order valence-corrected chi connectivity index (χ3v) is 5.91. The number of pyridine rings is 1. The molecule has 0 saturated carbocycles. The highest BCUT2D eigenvalue weighted by molar-refractivity contribution is 7.90. The lowest BCUT2D eigenvalue weighted by molar-refractivity contribution is 0.291. The fourth-order valence-electron chi connectivity index (χ4n) is 3.31. The standard InChI is InChI=1S/C20H26N2O4S/c1-5-6-7-14-8-9-15(27(4,24)25)10-16(14)17-11-22(3)20(23)18-19(17)26-12-13(2)21-18/h8-11,13,21H,5-7,12H2,1-4H3/t13-/m0/s1. The Hall–Kier alpha value is -2.28. The van der Waals surface area contributed by atoms with Crippen LogP contribution in [0, 0.1) is 0 Å². The van der Waals surface area contributed by atoms with Gasteiger partial charge in [-0.2, -0.15) is 0 Å². The van der Waals surface area contributed by atoms with Gasteiger partial charge in [-0.05, 0) is 43.0 Å². The van der Waals surface area contributed by atoms with Crippen molar-refractivity contribution in [2.45, 2.75) is 44.0 Å². The number of nitrogens with zero attached hydrogens (tertiary/aromatic N) is 1. The maximum absolute atomic E-state index is 12.6.